The van der Waals surface area contributed by atoms with Gasteiger partial charge in [0.25, 0.3) is 0 Å². The lowest BCUT2D eigenvalue weighted by atomic mass is 9.86. The molecule has 4 rings (SSSR count). The molecule has 0 unspecified atom stereocenters. The molecule has 164 valence electrons. The second-order valence-electron chi connectivity index (χ2n) is 7.44. The summed E-state index contributed by atoms with van der Waals surface area (Å²) in [7, 11) is 1.25. The van der Waals surface area contributed by atoms with Crippen LogP contribution in [0.4, 0.5) is 0 Å². The van der Waals surface area contributed by atoms with E-state index in [0.29, 0.717) is 16.7 Å². The van der Waals surface area contributed by atoms with E-state index in [0.717, 1.165) is 6.07 Å². The molecule has 33 heavy (non-hydrogen) atoms. The first-order valence-electron chi connectivity index (χ1n) is 10.1. The molecule has 0 fully saturated rings. The predicted octanol–water partition coefficient (Wildman–Crippen LogP) is 4.44. The van der Waals surface area contributed by atoms with Gasteiger partial charge in [-0.15, -0.1) is 0 Å². The highest BCUT2D eigenvalue weighted by atomic mass is 16.5. The lowest BCUT2D eigenvalue weighted by Gasteiger charge is -2.20. The number of fused-ring (bicyclic) bond motifs is 1. The van der Waals surface area contributed by atoms with Crippen LogP contribution in [0.3, 0.4) is 0 Å². The molecule has 0 amide bonds. The van der Waals surface area contributed by atoms with Gasteiger partial charge < -0.3 is 19.4 Å². The molecule has 0 aliphatic heterocycles. The van der Waals surface area contributed by atoms with Crippen molar-refractivity contribution in [1.29, 1.82) is 5.26 Å². The van der Waals surface area contributed by atoms with E-state index in [1.54, 1.807) is 48.5 Å². The number of ether oxygens (including phenoxy) is 1. The Morgan fingerprint density at radius 3 is 2.39 bits per heavy atom. The summed E-state index contributed by atoms with van der Waals surface area (Å²) in [6.07, 6.45) is -0.172. The highest BCUT2D eigenvalue weighted by molar-refractivity contribution is 5.90. The van der Waals surface area contributed by atoms with Gasteiger partial charge >= 0.3 is 5.97 Å². The van der Waals surface area contributed by atoms with Crippen LogP contribution in [-0.2, 0) is 9.53 Å². The first-order valence-corrected chi connectivity index (χ1v) is 10.1. The number of methoxy groups -OCH3 is 1. The van der Waals surface area contributed by atoms with Crippen LogP contribution >= 0.6 is 0 Å². The molecule has 7 nitrogen and oxygen atoms in total. The van der Waals surface area contributed by atoms with E-state index < -0.39 is 23.1 Å². The zero-order valence-electron chi connectivity index (χ0n) is 17.6. The van der Waals surface area contributed by atoms with Crippen LogP contribution in [0.5, 0.6) is 11.5 Å². The summed E-state index contributed by atoms with van der Waals surface area (Å²) in [5.41, 5.74) is 1.28. The van der Waals surface area contributed by atoms with E-state index >= 15 is 0 Å². The van der Waals surface area contributed by atoms with E-state index in [4.69, 9.17) is 14.4 Å². The summed E-state index contributed by atoms with van der Waals surface area (Å²) in [4.78, 5) is 25.2. The van der Waals surface area contributed by atoms with Crippen LogP contribution in [-0.4, -0.2) is 23.3 Å². The quantitative estimate of drug-likeness (QED) is 0.439. The van der Waals surface area contributed by atoms with E-state index in [-0.39, 0.29) is 34.5 Å². The monoisotopic (exact) mass is 441 g/mol. The maximum Gasteiger partial charge on any atom is 0.306 e. The molecular weight excluding hydrogens is 422 g/mol. The Morgan fingerprint density at radius 2 is 1.76 bits per heavy atom. The van der Waals surface area contributed by atoms with Gasteiger partial charge in [0, 0.05) is 29.2 Å². The number of carbonyl (C=O) groups is 1. The van der Waals surface area contributed by atoms with Crippen molar-refractivity contribution in [2.45, 2.75) is 12.3 Å². The molecule has 0 saturated carbocycles. The number of phenols is 2. The number of hydrogen-bond acceptors (Lipinski definition) is 7. The zero-order valence-corrected chi connectivity index (χ0v) is 17.6. The van der Waals surface area contributed by atoms with Crippen molar-refractivity contribution < 1.29 is 24.2 Å². The Hall–Kier alpha value is -4.57. The van der Waals surface area contributed by atoms with Crippen molar-refractivity contribution in [3.8, 4) is 28.9 Å². The number of esters is 1. The molecule has 0 radical (unpaired) electrons. The summed E-state index contributed by atoms with van der Waals surface area (Å²) >= 11 is 0. The van der Waals surface area contributed by atoms with E-state index in [2.05, 4.69) is 0 Å². The van der Waals surface area contributed by atoms with Gasteiger partial charge in [-0.05, 0) is 17.7 Å². The molecule has 1 aromatic heterocycles. The third kappa shape index (κ3) is 4.14. The highest BCUT2D eigenvalue weighted by Gasteiger charge is 2.28. The summed E-state index contributed by atoms with van der Waals surface area (Å²) in [6, 6.07) is 19.8. The van der Waals surface area contributed by atoms with E-state index in [1.807, 2.05) is 12.1 Å². The molecular formula is C26H19NO6. The number of hydrogen-bond donors (Lipinski definition) is 2. The van der Waals surface area contributed by atoms with Crippen LogP contribution in [0.2, 0.25) is 0 Å². The van der Waals surface area contributed by atoms with Crippen LogP contribution in [0.1, 0.15) is 29.0 Å². The zero-order chi connectivity index (χ0) is 23.5. The van der Waals surface area contributed by atoms with Gasteiger partial charge in [0.05, 0.1) is 25.2 Å². The molecule has 2 N–H and O–H groups in total. The molecule has 0 bridgehead atoms. The highest BCUT2D eigenvalue weighted by Crippen LogP contribution is 2.43. The number of phenolic OH excluding ortho intramolecular Hbond substituents is 2. The van der Waals surface area contributed by atoms with Crippen LogP contribution in [0.15, 0.2) is 75.9 Å². The number of benzene rings is 3. The van der Waals surface area contributed by atoms with Crippen molar-refractivity contribution in [2.24, 2.45) is 0 Å². The molecule has 0 spiro atoms. The lowest BCUT2D eigenvalue weighted by Crippen LogP contribution is -2.12. The average molecular weight is 441 g/mol. The minimum absolute atomic E-state index is 0.0304. The fourth-order valence-electron chi connectivity index (χ4n) is 3.83. The minimum atomic E-state index is -0.775. The Balaban J connectivity index is 2.03. The molecule has 3 aromatic carbocycles. The van der Waals surface area contributed by atoms with Crippen molar-refractivity contribution in [1.82, 2.24) is 0 Å². The minimum Gasteiger partial charge on any atom is -0.507 e. The van der Waals surface area contributed by atoms with Crippen LogP contribution in [0.25, 0.3) is 22.3 Å². The van der Waals surface area contributed by atoms with Gasteiger partial charge in [0.2, 0.25) is 0 Å². The molecule has 1 atom stereocenters. The van der Waals surface area contributed by atoms with Crippen molar-refractivity contribution >= 4 is 16.9 Å². The van der Waals surface area contributed by atoms with Gasteiger partial charge in [-0.3, -0.25) is 9.59 Å². The second kappa shape index (κ2) is 8.89. The Kier molecular flexibility index (Phi) is 5.83. The van der Waals surface area contributed by atoms with Gasteiger partial charge in [-0.2, -0.15) is 5.26 Å². The molecule has 1 heterocycles. The van der Waals surface area contributed by atoms with Crippen LogP contribution < -0.4 is 5.43 Å². The first kappa shape index (κ1) is 21.7. The number of carbonyl (C=O) groups excluding carboxylic acids is 1. The fourth-order valence-corrected chi connectivity index (χ4v) is 3.83. The number of aromatic hydroxyl groups is 2. The molecule has 0 aliphatic carbocycles. The Morgan fingerprint density at radius 1 is 1.06 bits per heavy atom. The molecule has 0 saturated heterocycles. The third-order valence-electron chi connectivity index (χ3n) is 5.45. The van der Waals surface area contributed by atoms with Crippen molar-refractivity contribution in [3.63, 3.8) is 0 Å². The first-order chi connectivity index (χ1) is 15.9. The number of nitriles is 1. The van der Waals surface area contributed by atoms with Gasteiger partial charge in [-0.25, -0.2) is 0 Å². The standard InChI is InChI=1S/C26H19NO6/c1-32-23(31)11-18(16-9-7-15(14-27)8-10-16)24-19(28)12-20(29)25-21(30)13-22(33-26(24)25)17-5-3-2-4-6-17/h2-10,12-13,18,28-29H,11H2,1H3/t18-/m0/s1. The van der Waals surface area contributed by atoms with Crippen molar-refractivity contribution in [2.75, 3.05) is 7.11 Å². The average Bonchev–Trinajstić information content (AvgIpc) is 2.83. The second-order valence-corrected chi connectivity index (χ2v) is 7.44. The van der Waals surface area contributed by atoms with E-state index in [9.17, 15) is 19.8 Å². The number of rotatable bonds is 5. The Bertz CT molecular complexity index is 1430. The smallest absolute Gasteiger partial charge is 0.306 e. The van der Waals surface area contributed by atoms with Gasteiger partial charge in [0.15, 0.2) is 5.43 Å². The normalized spacial score (nSPS) is 11.6. The van der Waals surface area contributed by atoms with E-state index in [1.165, 1.54) is 13.2 Å². The maximum absolute atomic E-state index is 12.9. The summed E-state index contributed by atoms with van der Waals surface area (Å²) < 4.78 is 10.9. The number of nitrogens with zero attached hydrogens (tertiary/aromatic N) is 1. The largest absolute Gasteiger partial charge is 0.507 e. The molecule has 7 heteroatoms. The molecule has 0 aliphatic rings. The summed E-state index contributed by atoms with van der Waals surface area (Å²) in [5, 5.41) is 30.3. The topological polar surface area (TPSA) is 121 Å². The van der Waals surface area contributed by atoms with Crippen molar-refractivity contribution in [3.05, 3.63) is 93.6 Å². The van der Waals surface area contributed by atoms with Gasteiger partial charge in [0.1, 0.15) is 28.2 Å². The summed E-state index contributed by atoms with van der Waals surface area (Å²) in [5.74, 6) is -1.85. The fraction of sp³-hybridized carbons (Fsp3) is 0.115. The SMILES string of the molecule is COC(=O)C[C@@H](c1ccc(C#N)cc1)c1c(O)cc(O)c2c(=O)cc(-c3ccccc3)oc12. The lowest BCUT2D eigenvalue weighted by molar-refractivity contribution is -0.140. The maximum atomic E-state index is 12.9. The van der Waals surface area contributed by atoms with Crippen LogP contribution in [0, 0.1) is 11.3 Å². The predicted molar refractivity (Wildman–Crippen MR) is 121 cm³/mol. The summed E-state index contributed by atoms with van der Waals surface area (Å²) in [6.45, 7) is 0. The Labute approximate surface area is 188 Å². The van der Waals surface area contributed by atoms with Gasteiger partial charge in [-0.1, -0.05) is 42.5 Å². The molecule has 4 aromatic rings. The third-order valence-corrected chi connectivity index (χ3v) is 5.45.